The average Bonchev–Trinajstić information content (AvgIpc) is 3.03. The van der Waals surface area contributed by atoms with Gasteiger partial charge in [-0.3, -0.25) is 0 Å². The van der Waals surface area contributed by atoms with Crippen molar-refractivity contribution in [2.24, 2.45) is 0 Å². The predicted molar refractivity (Wildman–Crippen MR) is 107 cm³/mol. The lowest BCUT2D eigenvalue weighted by atomic mass is 9.97. The van der Waals surface area contributed by atoms with E-state index < -0.39 is 12.6 Å². The highest BCUT2D eigenvalue weighted by molar-refractivity contribution is 7.99. The van der Waals surface area contributed by atoms with E-state index in [0.29, 0.717) is 12.5 Å². The van der Waals surface area contributed by atoms with Crippen LogP contribution >= 0.6 is 11.8 Å². The van der Waals surface area contributed by atoms with Gasteiger partial charge in [0.15, 0.2) is 12.6 Å². The molecule has 0 amide bonds. The van der Waals surface area contributed by atoms with Gasteiger partial charge in [0, 0.05) is 12.7 Å². The zero-order chi connectivity index (χ0) is 19.6. The summed E-state index contributed by atoms with van der Waals surface area (Å²) in [4.78, 5) is 0. The summed E-state index contributed by atoms with van der Waals surface area (Å²) in [7, 11) is 1.62. The highest BCUT2D eigenvalue weighted by Crippen LogP contribution is 2.43. The van der Waals surface area contributed by atoms with E-state index in [1.165, 1.54) is 0 Å². The second kappa shape index (κ2) is 8.73. The Bertz CT molecular complexity index is 790. The fourth-order valence-electron chi connectivity index (χ4n) is 3.99. The van der Waals surface area contributed by atoms with Crippen LogP contribution in [0.4, 0.5) is 0 Å². The third-order valence-corrected chi connectivity index (χ3v) is 6.38. The van der Waals surface area contributed by atoms with Gasteiger partial charge in [0.05, 0.1) is 12.5 Å². The maximum absolute atomic E-state index is 6.58. The lowest BCUT2D eigenvalue weighted by molar-refractivity contribution is -0.365. The first-order valence-electron chi connectivity index (χ1n) is 9.77. The number of rotatable bonds is 3. The van der Waals surface area contributed by atoms with Crippen molar-refractivity contribution in [3.05, 3.63) is 71.8 Å². The van der Waals surface area contributed by atoms with Crippen LogP contribution in [0, 0.1) is 0 Å². The zero-order valence-electron chi connectivity index (χ0n) is 16.1. The van der Waals surface area contributed by atoms with Gasteiger partial charge in [-0.1, -0.05) is 72.4 Å². The Morgan fingerprint density at radius 3 is 2.24 bits per heavy atom. The molecule has 0 saturated carbocycles. The Kier molecular flexibility index (Phi) is 5.87. The van der Waals surface area contributed by atoms with Gasteiger partial charge in [0.2, 0.25) is 0 Å². The molecule has 3 saturated heterocycles. The van der Waals surface area contributed by atoms with Crippen molar-refractivity contribution in [2.75, 3.05) is 19.7 Å². The van der Waals surface area contributed by atoms with Crippen LogP contribution in [-0.4, -0.2) is 50.4 Å². The maximum atomic E-state index is 6.58. The molecule has 3 heterocycles. The number of benzene rings is 2. The van der Waals surface area contributed by atoms with Gasteiger partial charge < -0.3 is 28.4 Å². The highest BCUT2D eigenvalue weighted by Gasteiger charge is 2.53. The summed E-state index contributed by atoms with van der Waals surface area (Å²) in [6.07, 6.45) is -2.32. The van der Waals surface area contributed by atoms with Gasteiger partial charge in [-0.15, -0.1) is 0 Å². The topological polar surface area (TPSA) is 55.4 Å². The van der Waals surface area contributed by atoms with Crippen molar-refractivity contribution in [2.45, 2.75) is 42.4 Å². The molecule has 0 N–H and O–H groups in total. The van der Waals surface area contributed by atoms with Crippen molar-refractivity contribution < 1.29 is 28.4 Å². The second-order valence-electron chi connectivity index (χ2n) is 7.21. The standard InChI is InChI=1S/C22H24O6S/c1-23-21-19-18(28-22(29-13-25-19)15-10-6-3-7-11-15)17-16(26-21)12-24-20(27-17)14-8-4-2-5-9-14/h2-11,16-22H,12-13H2,1H3/t16-,17-,18+,19-,20-,21+,22-/m1/s1. The molecule has 154 valence electrons. The molecule has 0 bridgehead atoms. The van der Waals surface area contributed by atoms with Crippen LogP contribution in [-0.2, 0) is 28.4 Å². The predicted octanol–water partition coefficient (Wildman–Crippen LogP) is 3.65. The summed E-state index contributed by atoms with van der Waals surface area (Å²) in [5.41, 5.74) is 1.93. The summed E-state index contributed by atoms with van der Waals surface area (Å²) in [5, 5.41) is 0. The Morgan fingerprint density at radius 2 is 1.52 bits per heavy atom. The normalized spacial score (nSPS) is 37.2. The summed E-state index contributed by atoms with van der Waals surface area (Å²) in [6, 6.07) is 20.1. The van der Waals surface area contributed by atoms with Crippen molar-refractivity contribution in [1.29, 1.82) is 0 Å². The number of ether oxygens (including phenoxy) is 6. The molecule has 3 aliphatic rings. The largest absolute Gasteiger partial charge is 0.359 e. The van der Waals surface area contributed by atoms with E-state index in [1.807, 2.05) is 48.5 Å². The lowest BCUT2D eigenvalue weighted by Gasteiger charge is -2.48. The second-order valence-corrected chi connectivity index (χ2v) is 8.21. The molecule has 0 aliphatic carbocycles. The van der Waals surface area contributed by atoms with Crippen LogP contribution in [0.25, 0.3) is 0 Å². The van der Waals surface area contributed by atoms with E-state index in [4.69, 9.17) is 28.4 Å². The fourth-order valence-corrected chi connectivity index (χ4v) is 4.91. The third-order valence-electron chi connectivity index (χ3n) is 5.42. The molecule has 5 rings (SSSR count). The Morgan fingerprint density at radius 1 is 0.793 bits per heavy atom. The van der Waals surface area contributed by atoms with E-state index >= 15 is 0 Å². The average molecular weight is 416 g/mol. The highest BCUT2D eigenvalue weighted by atomic mass is 32.2. The van der Waals surface area contributed by atoms with Crippen molar-refractivity contribution in [3.63, 3.8) is 0 Å². The van der Waals surface area contributed by atoms with E-state index in [-0.39, 0.29) is 29.9 Å². The van der Waals surface area contributed by atoms with Crippen LogP contribution in [0.2, 0.25) is 0 Å². The monoisotopic (exact) mass is 416 g/mol. The third kappa shape index (κ3) is 3.96. The Hall–Kier alpha value is -1.45. The number of thioether (sulfide) groups is 1. The van der Waals surface area contributed by atoms with Gasteiger partial charge in [-0.25, -0.2) is 0 Å². The first-order valence-corrected chi connectivity index (χ1v) is 10.8. The molecule has 0 spiro atoms. The molecular formula is C22H24O6S. The lowest BCUT2D eigenvalue weighted by Crippen LogP contribution is -2.63. The summed E-state index contributed by atoms with van der Waals surface area (Å²) in [6.45, 7) is 0.403. The first kappa shape index (κ1) is 19.5. The Labute approximate surface area is 174 Å². The van der Waals surface area contributed by atoms with Gasteiger partial charge in [-0.05, 0) is 5.56 Å². The quantitative estimate of drug-likeness (QED) is 0.757. The van der Waals surface area contributed by atoms with Crippen molar-refractivity contribution in [1.82, 2.24) is 0 Å². The molecule has 7 heteroatoms. The van der Waals surface area contributed by atoms with Crippen LogP contribution < -0.4 is 0 Å². The van der Waals surface area contributed by atoms with E-state index in [1.54, 1.807) is 18.9 Å². The molecule has 29 heavy (non-hydrogen) atoms. The van der Waals surface area contributed by atoms with Crippen LogP contribution in [0.5, 0.6) is 0 Å². The SMILES string of the molecule is CO[C@H]1O[C@@H]2CO[C@@H](c3ccccc3)O[C@H]2[C@@H]2O[C@@H](c3ccccc3)SCO[C@@H]12. The zero-order valence-corrected chi connectivity index (χ0v) is 16.9. The molecule has 0 unspecified atom stereocenters. The summed E-state index contributed by atoms with van der Waals surface area (Å²) >= 11 is 1.61. The summed E-state index contributed by atoms with van der Waals surface area (Å²) < 4.78 is 36.7. The molecule has 0 radical (unpaired) electrons. The summed E-state index contributed by atoms with van der Waals surface area (Å²) in [5.74, 6) is 0.486. The molecule has 2 aromatic rings. The minimum Gasteiger partial charge on any atom is -0.359 e. The van der Waals surface area contributed by atoms with Crippen LogP contribution in [0.15, 0.2) is 60.7 Å². The minimum absolute atomic E-state index is 0.149. The van der Waals surface area contributed by atoms with Crippen LogP contribution in [0.3, 0.4) is 0 Å². The molecule has 0 aromatic heterocycles. The number of methoxy groups -OCH3 is 1. The maximum Gasteiger partial charge on any atom is 0.186 e. The minimum atomic E-state index is -0.531. The number of fused-ring (bicyclic) bond motifs is 3. The molecule has 3 aliphatic heterocycles. The van der Waals surface area contributed by atoms with E-state index in [9.17, 15) is 0 Å². The fraction of sp³-hybridized carbons (Fsp3) is 0.455. The van der Waals surface area contributed by atoms with Crippen molar-refractivity contribution in [3.8, 4) is 0 Å². The molecule has 6 nitrogen and oxygen atoms in total. The molecule has 3 fully saturated rings. The van der Waals surface area contributed by atoms with Gasteiger partial charge in [-0.2, -0.15) is 0 Å². The van der Waals surface area contributed by atoms with Gasteiger partial charge in [0.25, 0.3) is 0 Å². The molecule has 7 atom stereocenters. The van der Waals surface area contributed by atoms with Gasteiger partial charge in [0.1, 0.15) is 29.9 Å². The molecular weight excluding hydrogens is 392 g/mol. The van der Waals surface area contributed by atoms with Crippen molar-refractivity contribution >= 4 is 11.8 Å². The Balaban J connectivity index is 1.42. The first-order chi connectivity index (χ1) is 14.3. The van der Waals surface area contributed by atoms with E-state index in [2.05, 4.69) is 12.1 Å². The van der Waals surface area contributed by atoms with Crippen LogP contribution in [0.1, 0.15) is 22.9 Å². The molecule has 2 aromatic carbocycles. The number of hydrogen-bond acceptors (Lipinski definition) is 7. The smallest absolute Gasteiger partial charge is 0.186 e. The van der Waals surface area contributed by atoms with Gasteiger partial charge >= 0.3 is 0 Å². The van der Waals surface area contributed by atoms with E-state index in [0.717, 1.165) is 11.1 Å². The number of hydrogen-bond donors (Lipinski definition) is 0.